The maximum absolute atomic E-state index is 13.9. The largest absolute Gasteiger partial charge is 0.508 e. The van der Waals surface area contributed by atoms with E-state index in [-0.39, 0.29) is 37.1 Å². The van der Waals surface area contributed by atoms with Gasteiger partial charge in [-0.2, -0.15) is 0 Å². The Morgan fingerprint density at radius 2 is 0.750 bits per heavy atom. The second-order valence-electron chi connectivity index (χ2n) is 10.2. The normalized spacial score (nSPS) is 11.5. The Labute approximate surface area is 262 Å². The summed E-state index contributed by atoms with van der Waals surface area (Å²) in [4.78, 5) is 6.28. The molecule has 0 aromatic heterocycles. The Balaban J connectivity index is 1.82. The molecule has 0 unspecified atom stereocenters. The summed E-state index contributed by atoms with van der Waals surface area (Å²) in [6.45, 7) is 16.2. The molecular formula is C33H48N3O7P. The third kappa shape index (κ3) is 9.05. The fourth-order valence-corrected chi connectivity index (χ4v) is 6.05. The van der Waals surface area contributed by atoms with E-state index in [1.807, 2.05) is 59.7 Å². The fourth-order valence-electron chi connectivity index (χ4n) is 4.94. The SMILES string of the molecule is CCN(CC)c1ccc(COP(=O)(OCc2ccc(N(CC)CC)cc2O)OCc2ccc(N(CC)CC)cc2O)c(O)c1. The third-order valence-corrected chi connectivity index (χ3v) is 9.06. The molecule has 0 bridgehead atoms. The minimum absolute atomic E-state index is 0.00442. The van der Waals surface area contributed by atoms with Crippen molar-refractivity contribution in [1.29, 1.82) is 0 Å². The van der Waals surface area contributed by atoms with Gasteiger partial charge in [-0.1, -0.05) is 18.2 Å². The van der Waals surface area contributed by atoms with E-state index in [0.29, 0.717) is 16.7 Å². The number of aromatic hydroxyl groups is 3. The number of hydrogen-bond acceptors (Lipinski definition) is 10. The predicted molar refractivity (Wildman–Crippen MR) is 177 cm³/mol. The zero-order valence-electron chi connectivity index (χ0n) is 26.8. The number of rotatable bonds is 18. The molecule has 0 aliphatic carbocycles. The number of benzene rings is 3. The van der Waals surface area contributed by atoms with Gasteiger partial charge in [0.15, 0.2) is 0 Å². The van der Waals surface area contributed by atoms with Crippen molar-refractivity contribution in [1.82, 2.24) is 0 Å². The van der Waals surface area contributed by atoms with Gasteiger partial charge < -0.3 is 30.0 Å². The van der Waals surface area contributed by atoms with Crippen LogP contribution in [0.3, 0.4) is 0 Å². The molecule has 10 nitrogen and oxygen atoms in total. The molecule has 0 spiro atoms. The summed E-state index contributed by atoms with van der Waals surface area (Å²) in [5.41, 5.74) is 3.81. The fraction of sp³-hybridized carbons (Fsp3) is 0.455. The average molecular weight is 630 g/mol. The molecule has 0 aliphatic rings. The van der Waals surface area contributed by atoms with E-state index < -0.39 is 7.82 Å². The van der Waals surface area contributed by atoms with E-state index in [1.165, 1.54) is 0 Å². The molecule has 0 amide bonds. The van der Waals surface area contributed by atoms with Gasteiger partial charge in [0.25, 0.3) is 0 Å². The zero-order valence-corrected chi connectivity index (χ0v) is 27.7. The smallest absolute Gasteiger partial charge is 0.475 e. The van der Waals surface area contributed by atoms with Crippen molar-refractivity contribution >= 4 is 24.9 Å². The summed E-state index contributed by atoms with van der Waals surface area (Å²) in [5.74, 6) is -0.0133. The van der Waals surface area contributed by atoms with Gasteiger partial charge in [0, 0.05) is 91.2 Å². The molecule has 0 heterocycles. The number of phenolic OH excluding ortho intramolecular Hbond substituents is 3. The van der Waals surface area contributed by atoms with Crippen LogP contribution in [0, 0.1) is 0 Å². The maximum atomic E-state index is 13.9. The van der Waals surface area contributed by atoms with Gasteiger partial charge in [-0.3, -0.25) is 13.6 Å². The molecule has 3 aromatic carbocycles. The lowest BCUT2D eigenvalue weighted by Gasteiger charge is -2.23. The van der Waals surface area contributed by atoms with Gasteiger partial charge in [0.05, 0.1) is 19.8 Å². The van der Waals surface area contributed by atoms with Gasteiger partial charge in [-0.05, 0) is 59.7 Å². The summed E-state index contributed by atoms with van der Waals surface area (Å²) < 4.78 is 31.1. The Hall–Kier alpha value is -3.43. The molecule has 44 heavy (non-hydrogen) atoms. The Kier molecular flexibility index (Phi) is 13.2. The molecule has 0 fully saturated rings. The Morgan fingerprint density at radius 3 is 0.955 bits per heavy atom. The number of anilines is 3. The van der Waals surface area contributed by atoms with E-state index >= 15 is 0 Å². The van der Waals surface area contributed by atoms with Crippen LogP contribution in [-0.4, -0.2) is 54.6 Å². The van der Waals surface area contributed by atoms with Gasteiger partial charge in [-0.15, -0.1) is 0 Å². The molecule has 0 saturated heterocycles. The highest BCUT2D eigenvalue weighted by molar-refractivity contribution is 7.48. The van der Waals surface area contributed by atoms with Crippen LogP contribution in [0.2, 0.25) is 0 Å². The number of phosphoric acid groups is 1. The number of phenols is 3. The van der Waals surface area contributed by atoms with Crippen LogP contribution in [-0.2, 0) is 38.0 Å². The van der Waals surface area contributed by atoms with Gasteiger partial charge >= 0.3 is 7.82 Å². The van der Waals surface area contributed by atoms with Crippen LogP contribution in [0.1, 0.15) is 58.2 Å². The van der Waals surface area contributed by atoms with E-state index in [2.05, 4.69) is 14.7 Å². The zero-order chi connectivity index (χ0) is 32.3. The van der Waals surface area contributed by atoms with Crippen molar-refractivity contribution < 1.29 is 33.5 Å². The summed E-state index contributed by atoms with van der Waals surface area (Å²) >= 11 is 0. The molecule has 242 valence electrons. The molecule has 3 rings (SSSR count). The maximum Gasteiger partial charge on any atom is 0.475 e. The molecule has 11 heteroatoms. The molecule has 0 radical (unpaired) electrons. The number of phosphoric ester groups is 1. The van der Waals surface area contributed by atoms with Gasteiger partial charge in [0.1, 0.15) is 17.2 Å². The van der Waals surface area contributed by atoms with Crippen LogP contribution in [0.5, 0.6) is 17.2 Å². The van der Waals surface area contributed by atoms with E-state index in [4.69, 9.17) is 13.6 Å². The molecular weight excluding hydrogens is 581 g/mol. The van der Waals surface area contributed by atoms with Crippen LogP contribution >= 0.6 is 7.82 Å². The van der Waals surface area contributed by atoms with Crippen LogP contribution in [0.4, 0.5) is 17.1 Å². The van der Waals surface area contributed by atoms with Crippen molar-refractivity contribution in [2.75, 3.05) is 54.0 Å². The Morgan fingerprint density at radius 1 is 0.500 bits per heavy atom. The first-order chi connectivity index (χ1) is 21.1. The van der Waals surface area contributed by atoms with Crippen LogP contribution in [0.25, 0.3) is 0 Å². The number of hydrogen-bond donors (Lipinski definition) is 3. The second kappa shape index (κ2) is 16.6. The first kappa shape index (κ1) is 35.1. The minimum atomic E-state index is -4.27. The van der Waals surface area contributed by atoms with E-state index in [0.717, 1.165) is 56.3 Å². The topological polar surface area (TPSA) is 115 Å². The van der Waals surface area contributed by atoms with Gasteiger partial charge in [0.2, 0.25) is 0 Å². The van der Waals surface area contributed by atoms with Crippen molar-refractivity contribution in [3.05, 3.63) is 71.3 Å². The molecule has 0 atom stereocenters. The van der Waals surface area contributed by atoms with E-state index in [1.54, 1.807) is 36.4 Å². The van der Waals surface area contributed by atoms with Gasteiger partial charge in [-0.25, -0.2) is 4.57 Å². The predicted octanol–water partition coefficient (Wildman–Crippen LogP) is 7.40. The van der Waals surface area contributed by atoms with E-state index in [9.17, 15) is 19.9 Å². The molecule has 0 saturated carbocycles. The lowest BCUT2D eigenvalue weighted by Crippen LogP contribution is -2.21. The highest BCUT2D eigenvalue weighted by atomic mass is 31.2. The quantitative estimate of drug-likeness (QED) is 0.123. The van der Waals surface area contributed by atoms with Crippen LogP contribution in [0.15, 0.2) is 54.6 Å². The average Bonchev–Trinajstić information content (AvgIpc) is 3.02. The van der Waals surface area contributed by atoms with Crippen molar-refractivity contribution in [2.45, 2.75) is 61.4 Å². The highest BCUT2D eigenvalue weighted by Gasteiger charge is 2.29. The van der Waals surface area contributed by atoms with Crippen molar-refractivity contribution in [2.24, 2.45) is 0 Å². The first-order valence-corrected chi connectivity index (χ1v) is 16.8. The second-order valence-corrected chi connectivity index (χ2v) is 11.9. The molecule has 3 N–H and O–H groups in total. The molecule has 0 aliphatic heterocycles. The summed E-state index contributed by atoms with van der Waals surface area (Å²) in [6, 6.07) is 15.7. The Bertz CT molecular complexity index is 1230. The lowest BCUT2D eigenvalue weighted by molar-refractivity contribution is 0.0964. The summed E-state index contributed by atoms with van der Waals surface area (Å²) in [5, 5.41) is 32.1. The van der Waals surface area contributed by atoms with Crippen molar-refractivity contribution in [3.8, 4) is 17.2 Å². The first-order valence-electron chi connectivity index (χ1n) is 15.4. The third-order valence-electron chi connectivity index (χ3n) is 7.73. The minimum Gasteiger partial charge on any atom is -0.508 e. The lowest BCUT2D eigenvalue weighted by atomic mass is 10.2. The standard InChI is InChI=1S/C33H48N3O7P/c1-7-34(8-2)28-16-13-25(31(37)19-28)22-41-44(40,42-23-26-14-17-29(20-32(26)38)35(9-3)10-4)43-24-27-15-18-30(21-33(27)39)36(11-5)12-6/h13-21,37-39H,7-12,22-24H2,1-6H3. The highest BCUT2D eigenvalue weighted by Crippen LogP contribution is 2.53. The molecule has 3 aromatic rings. The number of nitrogens with zero attached hydrogens (tertiary/aromatic N) is 3. The van der Waals surface area contributed by atoms with Crippen LogP contribution < -0.4 is 14.7 Å². The van der Waals surface area contributed by atoms with Crippen molar-refractivity contribution in [3.63, 3.8) is 0 Å². The monoisotopic (exact) mass is 629 g/mol. The summed E-state index contributed by atoms with van der Waals surface area (Å²) in [7, 11) is -4.27. The summed E-state index contributed by atoms with van der Waals surface area (Å²) in [6.07, 6.45) is 0.